The summed E-state index contributed by atoms with van der Waals surface area (Å²) >= 11 is 0. The van der Waals surface area contributed by atoms with Gasteiger partial charge in [0.1, 0.15) is 12.6 Å². The van der Waals surface area contributed by atoms with Gasteiger partial charge in [-0.05, 0) is 29.7 Å². The molecule has 0 radical (unpaired) electrons. The van der Waals surface area contributed by atoms with Crippen LogP contribution in [0.1, 0.15) is 16.7 Å². The number of benzene rings is 1. The predicted octanol–water partition coefficient (Wildman–Crippen LogP) is 1.63. The largest absolute Gasteiger partial charge is 0.447 e. The van der Waals surface area contributed by atoms with Crippen LogP contribution in [-0.2, 0) is 22.5 Å². The number of nitriles is 1. The number of nitrogens with one attached hydrogen (secondary N) is 1. The van der Waals surface area contributed by atoms with Crippen LogP contribution in [0, 0.1) is 11.3 Å². The zero-order valence-electron chi connectivity index (χ0n) is 14.1. The smallest absolute Gasteiger partial charge is 0.410 e. The molecule has 0 unspecified atom stereocenters. The van der Waals surface area contributed by atoms with Gasteiger partial charge in [-0.1, -0.05) is 24.3 Å². The molecule has 2 aromatic rings. The van der Waals surface area contributed by atoms with E-state index in [4.69, 9.17) is 4.74 Å². The lowest BCUT2D eigenvalue weighted by Crippen LogP contribution is -2.45. The van der Waals surface area contributed by atoms with Crippen LogP contribution in [0.4, 0.5) is 4.79 Å². The minimum atomic E-state index is -0.705. The minimum Gasteiger partial charge on any atom is -0.447 e. The number of hydrogen-bond donors (Lipinski definition) is 1. The van der Waals surface area contributed by atoms with E-state index >= 15 is 0 Å². The summed E-state index contributed by atoms with van der Waals surface area (Å²) in [7, 11) is 0. The maximum atomic E-state index is 12.5. The normalized spacial score (nSPS) is 16.0. The van der Waals surface area contributed by atoms with Crippen LogP contribution in [0.25, 0.3) is 0 Å². The quantitative estimate of drug-likeness (QED) is 0.854. The highest BCUT2D eigenvalue weighted by molar-refractivity contribution is 5.87. The summed E-state index contributed by atoms with van der Waals surface area (Å²) in [6.07, 6.45) is 3.54. The van der Waals surface area contributed by atoms with Crippen LogP contribution in [0.2, 0.25) is 0 Å². The van der Waals surface area contributed by atoms with Gasteiger partial charge in [0.05, 0.1) is 18.2 Å². The molecule has 2 amide bonds. The lowest BCUT2D eigenvalue weighted by molar-refractivity contribution is -0.124. The van der Waals surface area contributed by atoms with Gasteiger partial charge in [0.25, 0.3) is 0 Å². The van der Waals surface area contributed by atoms with Crippen molar-refractivity contribution in [2.24, 2.45) is 0 Å². The van der Waals surface area contributed by atoms with Crippen molar-refractivity contribution in [2.45, 2.75) is 19.0 Å². The van der Waals surface area contributed by atoms with Crippen LogP contribution in [0.15, 0.2) is 48.8 Å². The maximum Gasteiger partial charge on any atom is 0.410 e. The molecule has 0 bridgehead atoms. The fourth-order valence-electron chi connectivity index (χ4n) is 2.79. The van der Waals surface area contributed by atoms with Crippen LogP contribution >= 0.6 is 0 Å². The molecule has 3 rings (SSSR count). The van der Waals surface area contributed by atoms with Crippen molar-refractivity contribution in [3.05, 3.63) is 65.5 Å². The Morgan fingerprint density at radius 3 is 2.96 bits per heavy atom. The average molecular weight is 350 g/mol. The molecule has 132 valence electrons. The SMILES string of the molecule is N#Cc1ccccc1CN1C(=O)OC[C@H]1C(=O)NCCc1cccnc1. The third-order valence-corrected chi connectivity index (χ3v) is 4.19. The van der Waals surface area contributed by atoms with Gasteiger partial charge in [0.15, 0.2) is 0 Å². The summed E-state index contributed by atoms with van der Waals surface area (Å²) in [6.45, 7) is 0.605. The Morgan fingerprint density at radius 2 is 2.19 bits per heavy atom. The molecule has 1 aromatic carbocycles. The van der Waals surface area contributed by atoms with Gasteiger partial charge in [-0.2, -0.15) is 5.26 Å². The summed E-state index contributed by atoms with van der Waals surface area (Å²) in [5.41, 5.74) is 2.18. The standard InChI is InChI=1S/C19H18N4O3/c20-10-15-5-1-2-6-16(15)12-23-17(13-26-19(23)25)18(24)22-9-7-14-4-3-8-21-11-14/h1-6,8,11,17H,7,9,12-13H2,(H,22,24)/t17-/m0/s1. The van der Waals surface area contributed by atoms with Crippen molar-refractivity contribution in [1.29, 1.82) is 5.26 Å². The van der Waals surface area contributed by atoms with E-state index in [1.54, 1.807) is 36.7 Å². The fraction of sp³-hybridized carbons (Fsp3) is 0.263. The second-order valence-corrected chi connectivity index (χ2v) is 5.89. The van der Waals surface area contributed by atoms with Gasteiger partial charge in [-0.25, -0.2) is 4.79 Å². The molecule has 1 atom stereocenters. The number of carbonyl (C=O) groups excluding carboxylic acids is 2. The van der Waals surface area contributed by atoms with E-state index in [1.807, 2.05) is 12.1 Å². The molecule has 0 spiro atoms. The van der Waals surface area contributed by atoms with Crippen LogP contribution < -0.4 is 5.32 Å². The Kier molecular flexibility index (Phi) is 5.44. The second kappa shape index (κ2) is 8.12. The zero-order chi connectivity index (χ0) is 18.4. The number of carbonyl (C=O) groups is 2. The number of ether oxygens (including phenoxy) is 1. The summed E-state index contributed by atoms with van der Waals surface area (Å²) in [5, 5.41) is 12.0. The summed E-state index contributed by atoms with van der Waals surface area (Å²) in [4.78, 5) is 29.9. The highest BCUT2D eigenvalue weighted by Gasteiger charge is 2.38. The first kappa shape index (κ1) is 17.4. The lowest BCUT2D eigenvalue weighted by atomic mass is 10.1. The summed E-state index contributed by atoms with van der Waals surface area (Å²) in [5.74, 6) is -0.269. The Hall–Kier alpha value is -3.40. The molecule has 2 heterocycles. The molecule has 7 heteroatoms. The highest BCUT2D eigenvalue weighted by atomic mass is 16.6. The van der Waals surface area contributed by atoms with Crippen molar-refractivity contribution >= 4 is 12.0 Å². The number of hydrogen-bond acceptors (Lipinski definition) is 5. The first-order chi connectivity index (χ1) is 12.7. The Balaban J connectivity index is 1.61. The molecule has 1 aliphatic rings. The number of aromatic nitrogens is 1. The molecule has 1 N–H and O–H groups in total. The molecule has 1 aromatic heterocycles. The van der Waals surface area contributed by atoms with E-state index in [9.17, 15) is 14.9 Å². The molecular weight excluding hydrogens is 332 g/mol. The zero-order valence-corrected chi connectivity index (χ0v) is 14.1. The number of amides is 2. The molecule has 7 nitrogen and oxygen atoms in total. The molecule has 26 heavy (non-hydrogen) atoms. The lowest BCUT2D eigenvalue weighted by Gasteiger charge is -2.21. The summed E-state index contributed by atoms with van der Waals surface area (Å²) in [6, 6.07) is 12.2. The molecule has 1 aliphatic heterocycles. The molecule has 1 saturated heterocycles. The first-order valence-corrected chi connectivity index (χ1v) is 8.27. The van der Waals surface area contributed by atoms with Crippen LogP contribution in [0.5, 0.6) is 0 Å². The minimum absolute atomic E-state index is 0.00623. The molecule has 0 saturated carbocycles. The van der Waals surface area contributed by atoms with E-state index in [0.717, 1.165) is 5.56 Å². The Labute approximate surface area is 151 Å². The van der Waals surface area contributed by atoms with Crippen LogP contribution in [-0.4, -0.2) is 41.1 Å². The van der Waals surface area contributed by atoms with E-state index in [1.165, 1.54) is 4.90 Å². The van der Waals surface area contributed by atoms with Crippen LogP contribution in [0.3, 0.4) is 0 Å². The van der Waals surface area contributed by atoms with E-state index < -0.39 is 12.1 Å². The van der Waals surface area contributed by atoms with Gasteiger partial charge in [-0.15, -0.1) is 0 Å². The molecule has 1 fully saturated rings. The van der Waals surface area contributed by atoms with Gasteiger partial charge in [-0.3, -0.25) is 14.7 Å². The van der Waals surface area contributed by atoms with Crippen molar-refractivity contribution in [1.82, 2.24) is 15.2 Å². The number of pyridine rings is 1. The van der Waals surface area contributed by atoms with Gasteiger partial charge in [0.2, 0.25) is 5.91 Å². The van der Waals surface area contributed by atoms with E-state index in [2.05, 4.69) is 16.4 Å². The first-order valence-electron chi connectivity index (χ1n) is 8.27. The van der Waals surface area contributed by atoms with Gasteiger partial charge < -0.3 is 10.1 Å². The number of rotatable bonds is 6. The topological polar surface area (TPSA) is 95.3 Å². The molecular formula is C19H18N4O3. The monoisotopic (exact) mass is 350 g/mol. The van der Waals surface area contributed by atoms with Crippen molar-refractivity contribution < 1.29 is 14.3 Å². The van der Waals surface area contributed by atoms with Crippen molar-refractivity contribution in [3.63, 3.8) is 0 Å². The number of cyclic esters (lactones) is 1. The van der Waals surface area contributed by atoms with E-state index in [0.29, 0.717) is 24.1 Å². The van der Waals surface area contributed by atoms with Gasteiger partial charge in [0, 0.05) is 18.9 Å². The Bertz CT molecular complexity index is 832. The molecule has 0 aliphatic carbocycles. The maximum absolute atomic E-state index is 12.5. The Morgan fingerprint density at radius 1 is 1.35 bits per heavy atom. The third-order valence-electron chi connectivity index (χ3n) is 4.19. The fourth-order valence-corrected chi connectivity index (χ4v) is 2.79. The second-order valence-electron chi connectivity index (χ2n) is 5.89. The van der Waals surface area contributed by atoms with E-state index in [-0.39, 0.29) is 19.1 Å². The third kappa shape index (κ3) is 3.98. The predicted molar refractivity (Wildman–Crippen MR) is 92.8 cm³/mol. The number of nitrogens with zero attached hydrogens (tertiary/aromatic N) is 3. The van der Waals surface area contributed by atoms with Crippen molar-refractivity contribution in [3.8, 4) is 6.07 Å². The van der Waals surface area contributed by atoms with Crippen molar-refractivity contribution in [2.75, 3.05) is 13.2 Å². The van der Waals surface area contributed by atoms with Gasteiger partial charge >= 0.3 is 6.09 Å². The average Bonchev–Trinajstić information content (AvgIpc) is 3.03. The highest BCUT2D eigenvalue weighted by Crippen LogP contribution is 2.19. The summed E-state index contributed by atoms with van der Waals surface area (Å²) < 4.78 is 5.04.